The van der Waals surface area contributed by atoms with E-state index in [-0.39, 0.29) is 36.8 Å². The fraction of sp³-hybridized carbons (Fsp3) is 0.464. The lowest BCUT2D eigenvalue weighted by atomic mass is 9.78. The zero-order valence-corrected chi connectivity index (χ0v) is 19.8. The first-order chi connectivity index (χ1) is 17.0. The van der Waals surface area contributed by atoms with Crippen molar-refractivity contribution in [3.8, 4) is 11.1 Å². The van der Waals surface area contributed by atoms with Gasteiger partial charge in [0.05, 0.1) is 0 Å². The SMILES string of the molecule is O=C(CC(NC(=O)OCC1c2ccccc2-c2ccccc21)C1CCC1)NC1(C(=O)O)CCCC1. The van der Waals surface area contributed by atoms with E-state index in [0.717, 1.165) is 43.2 Å². The topological polar surface area (TPSA) is 105 Å². The number of carboxylic acid groups (broad SMARTS) is 1. The first-order valence-electron chi connectivity index (χ1n) is 12.6. The molecule has 1 atom stereocenters. The molecule has 3 N–H and O–H groups in total. The smallest absolute Gasteiger partial charge is 0.407 e. The minimum atomic E-state index is -1.18. The number of hydrogen-bond donors (Lipinski definition) is 3. The first kappa shape index (κ1) is 23.4. The molecule has 0 aromatic heterocycles. The van der Waals surface area contributed by atoms with E-state index in [4.69, 9.17) is 4.74 Å². The van der Waals surface area contributed by atoms with Crippen molar-refractivity contribution in [2.24, 2.45) is 5.92 Å². The Labute approximate surface area is 205 Å². The number of carbonyl (C=O) groups excluding carboxylic acids is 2. The molecule has 1 unspecified atom stereocenters. The van der Waals surface area contributed by atoms with E-state index in [1.54, 1.807) is 0 Å². The van der Waals surface area contributed by atoms with Crippen LogP contribution in [0, 0.1) is 5.92 Å². The standard InChI is InChI=1S/C28H32N2O5/c31-25(30-28(26(32)33)14-5-6-15-28)16-24(18-8-7-9-18)29-27(34)35-17-23-21-12-3-1-10-19(21)20-11-2-4-13-22(20)23/h1-4,10-13,18,23-24H,5-9,14-17H2,(H,29,34)(H,30,31)(H,32,33). The van der Waals surface area contributed by atoms with Gasteiger partial charge in [-0.25, -0.2) is 9.59 Å². The van der Waals surface area contributed by atoms with Gasteiger partial charge in [0, 0.05) is 18.4 Å². The largest absolute Gasteiger partial charge is 0.480 e. The number of amides is 2. The number of nitrogens with one attached hydrogen (secondary N) is 2. The summed E-state index contributed by atoms with van der Waals surface area (Å²) in [5, 5.41) is 15.4. The molecule has 2 fully saturated rings. The Balaban J connectivity index is 1.21. The van der Waals surface area contributed by atoms with Gasteiger partial charge >= 0.3 is 12.1 Å². The van der Waals surface area contributed by atoms with Crippen LogP contribution in [0.5, 0.6) is 0 Å². The van der Waals surface area contributed by atoms with Gasteiger partial charge < -0.3 is 20.5 Å². The minimum absolute atomic E-state index is 0.0311. The molecule has 0 heterocycles. The van der Waals surface area contributed by atoms with Crippen LogP contribution in [-0.2, 0) is 14.3 Å². The van der Waals surface area contributed by atoms with Gasteiger partial charge in [-0.1, -0.05) is 67.8 Å². The number of hydrogen-bond acceptors (Lipinski definition) is 4. The van der Waals surface area contributed by atoms with Gasteiger partial charge in [-0.2, -0.15) is 0 Å². The van der Waals surface area contributed by atoms with Crippen molar-refractivity contribution >= 4 is 18.0 Å². The van der Waals surface area contributed by atoms with E-state index in [1.807, 2.05) is 24.3 Å². The highest BCUT2D eigenvalue weighted by atomic mass is 16.5. The van der Waals surface area contributed by atoms with Gasteiger partial charge in [-0.15, -0.1) is 0 Å². The number of ether oxygens (including phenoxy) is 1. The quantitative estimate of drug-likeness (QED) is 0.517. The van der Waals surface area contributed by atoms with Crippen LogP contribution >= 0.6 is 0 Å². The Bertz CT molecular complexity index is 1070. The molecule has 3 aliphatic carbocycles. The highest BCUT2D eigenvalue weighted by molar-refractivity contribution is 5.87. The second-order valence-corrected chi connectivity index (χ2v) is 10.1. The van der Waals surface area contributed by atoms with Gasteiger partial charge in [0.15, 0.2) is 0 Å². The predicted molar refractivity (Wildman–Crippen MR) is 131 cm³/mol. The Morgan fingerprint density at radius 1 is 0.943 bits per heavy atom. The van der Waals surface area contributed by atoms with E-state index in [2.05, 4.69) is 34.9 Å². The molecule has 184 valence electrons. The van der Waals surface area contributed by atoms with E-state index in [9.17, 15) is 19.5 Å². The van der Waals surface area contributed by atoms with Crippen LogP contribution in [0.2, 0.25) is 0 Å². The molecule has 7 nitrogen and oxygen atoms in total. The van der Waals surface area contributed by atoms with Gasteiger partial charge in [-0.05, 0) is 53.9 Å². The van der Waals surface area contributed by atoms with Crippen LogP contribution in [0.3, 0.4) is 0 Å². The van der Waals surface area contributed by atoms with Crippen LogP contribution in [-0.4, -0.2) is 41.3 Å². The van der Waals surface area contributed by atoms with Crippen LogP contribution < -0.4 is 10.6 Å². The minimum Gasteiger partial charge on any atom is -0.480 e. The number of carboxylic acids is 1. The van der Waals surface area contributed by atoms with Gasteiger partial charge in [-0.3, -0.25) is 4.79 Å². The second-order valence-electron chi connectivity index (χ2n) is 10.1. The van der Waals surface area contributed by atoms with Crippen LogP contribution in [0.4, 0.5) is 4.79 Å². The number of benzene rings is 2. The summed E-state index contributed by atoms with van der Waals surface area (Å²) >= 11 is 0. The Morgan fingerprint density at radius 2 is 1.54 bits per heavy atom. The molecule has 2 amide bonds. The van der Waals surface area contributed by atoms with Crippen molar-refractivity contribution in [2.45, 2.75) is 68.9 Å². The molecule has 3 aliphatic rings. The van der Waals surface area contributed by atoms with Crippen molar-refractivity contribution in [1.29, 1.82) is 0 Å². The third kappa shape index (κ3) is 4.64. The molecule has 2 aromatic carbocycles. The van der Waals surface area contributed by atoms with E-state index < -0.39 is 17.6 Å². The monoisotopic (exact) mass is 476 g/mol. The molecule has 35 heavy (non-hydrogen) atoms. The summed E-state index contributed by atoms with van der Waals surface area (Å²) in [4.78, 5) is 37.4. The average molecular weight is 477 g/mol. The van der Waals surface area contributed by atoms with Gasteiger partial charge in [0.2, 0.25) is 5.91 Å². The molecular weight excluding hydrogens is 444 g/mol. The summed E-state index contributed by atoms with van der Waals surface area (Å²) in [6, 6.07) is 16.0. The second kappa shape index (κ2) is 9.72. The molecule has 0 spiro atoms. The van der Waals surface area contributed by atoms with E-state index in [1.165, 1.54) is 11.1 Å². The predicted octanol–water partition coefficient (Wildman–Crippen LogP) is 4.60. The number of rotatable bonds is 8. The lowest BCUT2D eigenvalue weighted by Crippen LogP contribution is -2.54. The maximum Gasteiger partial charge on any atom is 0.407 e. The molecule has 5 rings (SSSR count). The van der Waals surface area contributed by atoms with Crippen LogP contribution in [0.1, 0.15) is 68.4 Å². The Hall–Kier alpha value is -3.35. The normalized spacial score (nSPS) is 19.2. The Morgan fingerprint density at radius 3 is 2.09 bits per heavy atom. The summed E-state index contributed by atoms with van der Waals surface area (Å²) in [5.41, 5.74) is 3.45. The zero-order chi connectivity index (χ0) is 24.4. The summed E-state index contributed by atoms with van der Waals surface area (Å²) in [5.74, 6) is -1.14. The molecule has 0 saturated heterocycles. The lowest BCUT2D eigenvalue weighted by molar-refractivity contribution is -0.147. The van der Waals surface area contributed by atoms with Crippen molar-refractivity contribution in [3.63, 3.8) is 0 Å². The molecule has 0 bridgehead atoms. The number of alkyl carbamates (subject to hydrolysis) is 1. The van der Waals surface area contributed by atoms with Crippen molar-refractivity contribution in [3.05, 3.63) is 59.7 Å². The number of aliphatic carboxylic acids is 1. The zero-order valence-electron chi connectivity index (χ0n) is 19.8. The summed E-state index contributed by atoms with van der Waals surface area (Å²) in [6.07, 6.45) is 4.93. The van der Waals surface area contributed by atoms with Crippen molar-refractivity contribution in [2.75, 3.05) is 6.61 Å². The summed E-state index contributed by atoms with van der Waals surface area (Å²) in [6.45, 7) is 0.214. The molecule has 2 aromatic rings. The number of carbonyl (C=O) groups is 3. The van der Waals surface area contributed by atoms with Crippen LogP contribution in [0.25, 0.3) is 11.1 Å². The third-order valence-corrected chi connectivity index (χ3v) is 8.02. The molecule has 7 heteroatoms. The number of fused-ring (bicyclic) bond motifs is 3. The van der Waals surface area contributed by atoms with E-state index in [0.29, 0.717) is 12.8 Å². The molecule has 0 radical (unpaired) electrons. The molecule has 2 saturated carbocycles. The summed E-state index contributed by atoms with van der Waals surface area (Å²) in [7, 11) is 0. The maximum atomic E-state index is 12.8. The van der Waals surface area contributed by atoms with Crippen molar-refractivity contribution in [1.82, 2.24) is 10.6 Å². The van der Waals surface area contributed by atoms with Crippen LogP contribution in [0.15, 0.2) is 48.5 Å². The van der Waals surface area contributed by atoms with Crippen molar-refractivity contribution < 1.29 is 24.2 Å². The summed E-state index contributed by atoms with van der Waals surface area (Å²) < 4.78 is 5.69. The van der Waals surface area contributed by atoms with Gasteiger partial charge in [0.1, 0.15) is 12.1 Å². The first-order valence-corrected chi connectivity index (χ1v) is 12.6. The highest BCUT2D eigenvalue weighted by Gasteiger charge is 2.43. The van der Waals surface area contributed by atoms with Gasteiger partial charge in [0.25, 0.3) is 0 Å². The lowest BCUT2D eigenvalue weighted by Gasteiger charge is -2.34. The molecular formula is C28H32N2O5. The van der Waals surface area contributed by atoms with E-state index >= 15 is 0 Å². The Kier molecular flexibility index (Phi) is 6.50. The fourth-order valence-electron chi connectivity index (χ4n) is 5.86. The fourth-order valence-corrected chi connectivity index (χ4v) is 5.86. The highest BCUT2D eigenvalue weighted by Crippen LogP contribution is 2.44. The maximum absolute atomic E-state index is 12.8. The molecule has 0 aliphatic heterocycles. The third-order valence-electron chi connectivity index (χ3n) is 8.02. The average Bonchev–Trinajstić information content (AvgIpc) is 3.40.